The fourth-order valence-corrected chi connectivity index (χ4v) is 3.08. The van der Waals surface area contributed by atoms with Crippen molar-refractivity contribution in [3.05, 3.63) is 29.9 Å². The standard InChI is InChI=1S/C19H20F4N4O3/c1-18(2,3)26(4)16(29)13-7-8-14(28)27(13)10-5-6-11(12(20)9-10)15-24-17(30-25-15)19(21,22)23/h5-6,9,13H,7-8H2,1-4H3/t13-/m0/s1. The molecule has 2 amide bonds. The molecule has 162 valence electrons. The van der Waals surface area contributed by atoms with Gasteiger partial charge in [-0.05, 0) is 45.4 Å². The SMILES string of the molecule is CN(C(=O)[C@@H]1CCC(=O)N1c1ccc(-c2noc(C(F)(F)F)n2)c(F)c1)C(C)(C)C. The van der Waals surface area contributed by atoms with Crippen LogP contribution in [0.2, 0.25) is 0 Å². The molecule has 0 aliphatic carbocycles. The van der Waals surface area contributed by atoms with Gasteiger partial charge in [0.1, 0.15) is 11.9 Å². The van der Waals surface area contributed by atoms with Crippen molar-refractivity contribution in [1.29, 1.82) is 0 Å². The first-order valence-corrected chi connectivity index (χ1v) is 9.11. The number of carbonyl (C=O) groups excluding carboxylic acids is 2. The molecular weight excluding hydrogens is 408 g/mol. The maximum absolute atomic E-state index is 14.7. The number of halogens is 4. The van der Waals surface area contributed by atoms with Gasteiger partial charge in [0, 0.05) is 24.7 Å². The molecule has 30 heavy (non-hydrogen) atoms. The van der Waals surface area contributed by atoms with Crippen molar-refractivity contribution in [3.8, 4) is 11.4 Å². The van der Waals surface area contributed by atoms with Gasteiger partial charge in [0.15, 0.2) is 0 Å². The number of hydrogen-bond donors (Lipinski definition) is 0. The van der Waals surface area contributed by atoms with E-state index >= 15 is 0 Å². The number of likely N-dealkylation sites (N-methyl/N-ethyl adjacent to an activating group) is 1. The van der Waals surface area contributed by atoms with Crippen molar-refractivity contribution < 1.29 is 31.7 Å². The van der Waals surface area contributed by atoms with E-state index in [0.29, 0.717) is 0 Å². The Morgan fingerprint density at radius 2 is 1.93 bits per heavy atom. The van der Waals surface area contributed by atoms with Crippen LogP contribution in [0.1, 0.15) is 39.5 Å². The molecule has 1 aromatic heterocycles. The number of alkyl halides is 3. The van der Waals surface area contributed by atoms with E-state index in [9.17, 15) is 27.2 Å². The summed E-state index contributed by atoms with van der Waals surface area (Å²) in [7, 11) is 1.63. The average molecular weight is 428 g/mol. The lowest BCUT2D eigenvalue weighted by molar-refractivity contribution is -0.159. The Hall–Kier alpha value is -2.98. The molecule has 1 saturated heterocycles. The lowest BCUT2D eigenvalue weighted by Crippen LogP contribution is -2.51. The zero-order valence-corrected chi connectivity index (χ0v) is 16.7. The summed E-state index contributed by atoms with van der Waals surface area (Å²) in [4.78, 5) is 31.2. The Morgan fingerprint density at radius 1 is 1.27 bits per heavy atom. The molecule has 1 atom stereocenters. The molecular formula is C19H20F4N4O3. The quantitative estimate of drug-likeness (QED) is 0.698. The van der Waals surface area contributed by atoms with Gasteiger partial charge < -0.3 is 9.42 Å². The smallest absolute Gasteiger partial charge is 0.339 e. The van der Waals surface area contributed by atoms with Crippen molar-refractivity contribution in [2.24, 2.45) is 0 Å². The number of benzene rings is 1. The first-order valence-electron chi connectivity index (χ1n) is 9.11. The van der Waals surface area contributed by atoms with E-state index in [2.05, 4.69) is 14.7 Å². The highest BCUT2D eigenvalue weighted by atomic mass is 19.4. The van der Waals surface area contributed by atoms with Crippen LogP contribution in [0.15, 0.2) is 22.7 Å². The van der Waals surface area contributed by atoms with Crippen LogP contribution >= 0.6 is 0 Å². The van der Waals surface area contributed by atoms with Crippen molar-refractivity contribution in [2.75, 3.05) is 11.9 Å². The zero-order chi connectivity index (χ0) is 22.4. The average Bonchev–Trinajstić information content (AvgIpc) is 3.26. The fraction of sp³-hybridized carbons (Fsp3) is 0.474. The van der Waals surface area contributed by atoms with E-state index in [1.807, 2.05) is 20.8 Å². The van der Waals surface area contributed by atoms with Crippen LogP contribution < -0.4 is 4.90 Å². The number of carbonyl (C=O) groups is 2. The van der Waals surface area contributed by atoms with E-state index in [-0.39, 0.29) is 35.9 Å². The topological polar surface area (TPSA) is 79.5 Å². The monoisotopic (exact) mass is 428 g/mol. The summed E-state index contributed by atoms with van der Waals surface area (Å²) >= 11 is 0. The van der Waals surface area contributed by atoms with E-state index in [4.69, 9.17) is 0 Å². The summed E-state index contributed by atoms with van der Waals surface area (Å²) < 4.78 is 56.7. The molecule has 0 bridgehead atoms. The highest BCUT2D eigenvalue weighted by Crippen LogP contribution is 2.33. The van der Waals surface area contributed by atoms with Gasteiger partial charge in [-0.15, -0.1) is 0 Å². The van der Waals surface area contributed by atoms with Crippen molar-refractivity contribution in [2.45, 2.75) is 51.4 Å². The van der Waals surface area contributed by atoms with Crippen molar-refractivity contribution in [3.63, 3.8) is 0 Å². The number of nitrogens with zero attached hydrogens (tertiary/aromatic N) is 4. The van der Waals surface area contributed by atoms with Crippen LogP contribution in [0.5, 0.6) is 0 Å². The maximum Gasteiger partial charge on any atom is 0.471 e. The minimum Gasteiger partial charge on any atom is -0.339 e. The summed E-state index contributed by atoms with van der Waals surface area (Å²) in [6.45, 7) is 5.54. The van der Waals surface area contributed by atoms with Crippen molar-refractivity contribution in [1.82, 2.24) is 15.0 Å². The Morgan fingerprint density at radius 3 is 2.47 bits per heavy atom. The summed E-state index contributed by atoms with van der Waals surface area (Å²) in [5.74, 6) is -3.74. The summed E-state index contributed by atoms with van der Waals surface area (Å²) in [6, 6.07) is 2.66. The Bertz CT molecular complexity index is 981. The molecule has 0 radical (unpaired) electrons. The summed E-state index contributed by atoms with van der Waals surface area (Å²) in [5.41, 5.74) is -0.670. The Balaban J connectivity index is 1.92. The lowest BCUT2D eigenvalue weighted by atomic mass is 10.0. The molecule has 0 spiro atoms. The molecule has 0 N–H and O–H groups in total. The number of aromatic nitrogens is 2. The van der Waals surface area contributed by atoms with Gasteiger partial charge in [-0.1, -0.05) is 5.16 Å². The lowest BCUT2D eigenvalue weighted by Gasteiger charge is -2.36. The van der Waals surface area contributed by atoms with Gasteiger partial charge in [-0.2, -0.15) is 18.2 Å². The van der Waals surface area contributed by atoms with Gasteiger partial charge in [0.05, 0.1) is 5.56 Å². The molecule has 1 aliphatic heterocycles. The van der Waals surface area contributed by atoms with E-state index < -0.39 is 35.3 Å². The number of anilines is 1. The van der Waals surface area contributed by atoms with Crippen LogP contribution in [0, 0.1) is 5.82 Å². The minimum absolute atomic E-state index is 0.123. The largest absolute Gasteiger partial charge is 0.471 e. The number of rotatable bonds is 3. The molecule has 1 aromatic carbocycles. The van der Waals surface area contributed by atoms with Gasteiger partial charge in [-0.25, -0.2) is 4.39 Å². The van der Waals surface area contributed by atoms with Crippen LogP contribution in [-0.2, 0) is 15.8 Å². The summed E-state index contributed by atoms with van der Waals surface area (Å²) in [5, 5.41) is 3.16. The van der Waals surface area contributed by atoms with E-state index in [1.165, 1.54) is 15.9 Å². The third kappa shape index (κ3) is 4.01. The van der Waals surface area contributed by atoms with E-state index in [1.54, 1.807) is 7.05 Å². The van der Waals surface area contributed by atoms with Crippen LogP contribution in [-0.4, -0.2) is 45.5 Å². The molecule has 1 fully saturated rings. The van der Waals surface area contributed by atoms with Crippen molar-refractivity contribution >= 4 is 17.5 Å². The molecule has 2 heterocycles. The molecule has 3 rings (SSSR count). The van der Waals surface area contributed by atoms with Crippen LogP contribution in [0.4, 0.5) is 23.2 Å². The second-order valence-electron chi connectivity index (χ2n) is 7.97. The third-order valence-corrected chi connectivity index (χ3v) is 4.97. The fourth-order valence-electron chi connectivity index (χ4n) is 3.08. The number of amides is 2. The Labute approximate surface area is 169 Å². The van der Waals surface area contributed by atoms with Crippen LogP contribution in [0.3, 0.4) is 0 Å². The molecule has 0 unspecified atom stereocenters. The number of hydrogen-bond acceptors (Lipinski definition) is 5. The van der Waals surface area contributed by atoms with E-state index in [0.717, 1.165) is 12.1 Å². The first kappa shape index (κ1) is 21.7. The second-order valence-corrected chi connectivity index (χ2v) is 7.97. The predicted octanol–water partition coefficient (Wildman–Crippen LogP) is 3.65. The third-order valence-electron chi connectivity index (χ3n) is 4.97. The van der Waals surface area contributed by atoms with Crippen LogP contribution in [0.25, 0.3) is 11.4 Å². The predicted molar refractivity (Wildman–Crippen MR) is 97.7 cm³/mol. The molecule has 1 aliphatic rings. The van der Waals surface area contributed by atoms with Gasteiger partial charge in [0.25, 0.3) is 0 Å². The Kier molecular flexibility index (Phi) is 5.33. The normalized spacial score (nSPS) is 17.5. The summed E-state index contributed by atoms with van der Waals surface area (Å²) in [6.07, 6.45) is -4.45. The first-order chi connectivity index (χ1) is 13.8. The van der Waals surface area contributed by atoms with Gasteiger partial charge in [-0.3, -0.25) is 14.5 Å². The molecule has 2 aromatic rings. The zero-order valence-electron chi connectivity index (χ0n) is 16.7. The van der Waals surface area contributed by atoms with Gasteiger partial charge in [0.2, 0.25) is 17.6 Å². The molecule has 11 heteroatoms. The second kappa shape index (κ2) is 7.37. The highest BCUT2D eigenvalue weighted by Gasteiger charge is 2.41. The van der Waals surface area contributed by atoms with Gasteiger partial charge >= 0.3 is 12.1 Å². The molecule has 7 nitrogen and oxygen atoms in total. The highest BCUT2D eigenvalue weighted by molar-refractivity contribution is 6.04. The maximum atomic E-state index is 14.7. The minimum atomic E-state index is -4.85. The molecule has 0 saturated carbocycles.